The Kier molecular flexibility index (Phi) is 5.98. The zero-order chi connectivity index (χ0) is 25.8. The second-order valence-corrected chi connectivity index (χ2v) is 11.7. The van der Waals surface area contributed by atoms with Gasteiger partial charge >= 0.3 is 0 Å². The first-order valence-corrected chi connectivity index (χ1v) is 12.7. The highest BCUT2D eigenvalue weighted by Gasteiger charge is 2.53. The molecule has 2 aliphatic heterocycles. The molecule has 3 N–H and O–H groups in total. The lowest BCUT2D eigenvalue weighted by Gasteiger charge is -2.38. The highest BCUT2D eigenvalue weighted by atomic mass is 35.5. The van der Waals surface area contributed by atoms with E-state index in [0.29, 0.717) is 17.9 Å². The van der Waals surface area contributed by atoms with Crippen LogP contribution in [0.2, 0.25) is 5.02 Å². The monoisotopic (exact) mass is 509 g/mol. The van der Waals surface area contributed by atoms with E-state index in [1.54, 1.807) is 23.4 Å². The Morgan fingerprint density at radius 1 is 1.28 bits per heavy atom. The quantitative estimate of drug-likeness (QED) is 0.629. The number of hydrogen-bond donors (Lipinski definition) is 2. The molecule has 1 aliphatic carbocycles. The summed E-state index contributed by atoms with van der Waals surface area (Å²) >= 11 is 6.26. The van der Waals surface area contributed by atoms with Crippen molar-refractivity contribution in [1.29, 1.82) is 0 Å². The Labute approximate surface area is 216 Å². The van der Waals surface area contributed by atoms with Crippen LogP contribution < -0.4 is 15.8 Å². The smallest absolute Gasteiger partial charge is 0.232 e. The molecule has 0 spiro atoms. The Morgan fingerprint density at radius 2 is 2.06 bits per heavy atom. The number of carbonyl (C=O) groups excluding carboxylic acids is 2. The van der Waals surface area contributed by atoms with Crippen molar-refractivity contribution >= 4 is 29.4 Å². The normalized spacial score (nSPS) is 26.8. The van der Waals surface area contributed by atoms with Gasteiger partial charge in [-0.3, -0.25) is 19.5 Å². The average molecular weight is 510 g/mol. The fraction of sp³-hybridized carbons (Fsp3) is 0.481. The van der Waals surface area contributed by atoms with Gasteiger partial charge in [-0.15, -0.1) is 0 Å². The van der Waals surface area contributed by atoms with Crippen LogP contribution >= 0.6 is 11.6 Å². The van der Waals surface area contributed by atoms with Gasteiger partial charge in [0, 0.05) is 35.3 Å². The molecule has 1 unspecified atom stereocenters. The number of aromatic nitrogens is 1. The van der Waals surface area contributed by atoms with Crippen molar-refractivity contribution in [2.75, 3.05) is 0 Å². The van der Waals surface area contributed by atoms with Crippen molar-refractivity contribution in [3.8, 4) is 5.75 Å². The largest absolute Gasteiger partial charge is 0.487 e. The van der Waals surface area contributed by atoms with E-state index in [-0.39, 0.29) is 42.1 Å². The zero-order valence-electron chi connectivity index (χ0n) is 21.0. The fourth-order valence-corrected chi connectivity index (χ4v) is 5.70. The number of rotatable bonds is 5. The first kappa shape index (κ1) is 24.6. The Morgan fingerprint density at radius 3 is 2.75 bits per heavy atom. The van der Waals surface area contributed by atoms with E-state index in [1.807, 2.05) is 52.0 Å². The number of carbonyl (C=O) groups is 2. The summed E-state index contributed by atoms with van der Waals surface area (Å²) in [4.78, 5) is 37.1. The number of guanidine groups is 1. The van der Waals surface area contributed by atoms with Gasteiger partial charge < -0.3 is 15.8 Å². The molecule has 1 aromatic carbocycles. The molecule has 2 aromatic rings. The maximum Gasteiger partial charge on any atom is 0.232 e. The number of benzene rings is 1. The van der Waals surface area contributed by atoms with E-state index in [9.17, 15) is 9.59 Å². The second-order valence-electron chi connectivity index (χ2n) is 11.3. The van der Waals surface area contributed by atoms with Crippen molar-refractivity contribution in [3.05, 3.63) is 58.9 Å². The van der Waals surface area contributed by atoms with Gasteiger partial charge in [-0.05, 0) is 69.9 Å². The molecule has 8 nitrogen and oxygen atoms in total. The molecule has 2 amide bonds. The van der Waals surface area contributed by atoms with Crippen LogP contribution in [0.25, 0.3) is 0 Å². The number of aliphatic imine (C=N–C) groups is 1. The van der Waals surface area contributed by atoms with E-state index in [0.717, 1.165) is 16.9 Å². The second kappa shape index (κ2) is 8.76. The third-order valence-electron chi connectivity index (χ3n) is 7.15. The zero-order valence-corrected chi connectivity index (χ0v) is 21.7. The van der Waals surface area contributed by atoms with Crippen molar-refractivity contribution in [3.63, 3.8) is 0 Å². The minimum absolute atomic E-state index is 0.0529. The SMILES string of the molecule is CC1(C)CC(=O)N([C@H](c2cccnc2)[C@H]2CC2C(=O)N[C@H]2CC(C)(C)Oc3ccc(Cl)cc32)C(N)=N1. The minimum Gasteiger partial charge on any atom is -0.487 e. The van der Waals surface area contributed by atoms with Crippen molar-refractivity contribution in [2.45, 2.75) is 70.2 Å². The molecule has 36 heavy (non-hydrogen) atoms. The maximum absolute atomic E-state index is 13.5. The summed E-state index contributed by atoms with van der Waals surface area (Å²) < 4.78 is 6.11. The Bertz CT molecular complexity index is 1230. The van der Waals surface area contributed by atoms with Gasteiger partial charge in [0.1, 0.15) is 11.4 Å². The number of nitrogens with one attached hydrogen (secondary N) is 1. The van der Waals surface area contributed by atoms with E-state index >= 15 is 0 Å². The van der Waals surface area contributed by atoms with E-state index in [2.05, 4.69) is 15.3 Å². The van der Waals surface area contributed by atoms with Gasteiger partial charge in [-0.1, -0.05) is 17.7 Å². The van der Waals surface area contributed by atoms with Gasteiger partial charge in [0.15, 0.2) is 5.96 Å². The van der Waals surface area contributed by atoms with Crippen LogP contribution in [-0.2, 0) is 9.59 Å². The van der Waals surface area contributed by atoms with Crippen molar-refractivity contribution in [1.82, 2.24) is 15.2 Å². The molecule has 3 heterocycles. The van der Waals surface area contributed by atoms with Crippen LogP contribution in [0.5, 0.6) is 5.75 Å². The molecular weight excluding hydrogens is 478 g/mol. The number of fused-ring (bicyclic) bond motifs is 1. The minimum atomic E-state index is -0.554. The van der Waals surface area contributed by atoms with E-state index < -0.39 is 17.2 Å². The fourth-order valence-electron chi connectivity index (χ4n) is 5.52. The Hall–Kier alpha value is -3.13. The molecule has 1 aromatic heterocycles. The number of nitrogens with zero attached hydrogens (tertiary/aromatic N) is 3. The van der Waals surface area contributed by atoms with Gasteiger partial charge in [0.25, 0.3) is 0 Å². The van der Waals surface area contributed by atoms with Crippen LogP contribution in [0.3, 0.4) is 0 Å². The summed E-state index contributed by atoms with van der Waals surface area (Å²) in [6.45, 7) is 7.79. The summed E-state index contributed by atoms with van der Waals surface area (Å²) in [7, 11) is 0. The maximum atomic E-state index is 13.5. The summed E-state index contributed by atoms with van der Waals surface area (Å²) in [5.74, 6) is 0.405. The predicted octanol–water partition coefficient (Wildman–Crippen LogP) is 4.16. The number of nitrogens with two attached hydrogens (primary N) is 1. The van der Waals surface area contributed by atoms with Crippen LogP contribution in [0, 0.1) is 11.8 Å². The molecule has 0 saturated heterocycles. The van der Waals surface area contributed by atoms with Crippen LogP contribution in [0.1, 0.15) is 70.2 Å². The van der Waals surface area contributed by atoms with Gasteiger partial charge in [-0.25, -0.2) is 4.99 Å². The highest BCUT2D eigenvalue weighted by molar-refractivity contribution is 6.30. The molecule has 1 fully saturated rings. The third-order valence-corrected chi connectivity index (χ3v) is 7.38. The summed E-state index contributed by atoms with van der Waals surface area (Å²) in [6.07, 6.45) is 4.93. The molecule has 0 radical (unpaired) electrons. The summed E-state index contributed by atoms with van der Waals surface area (Å²) in [6, 6.07) is 8.61. The Balaban J connectivity index is 1.40. The number of pyridine rings is 1. The van der Waals surface area contributed by atoms with Gasteiger partial charge in [0.05, 0.1) is 24.0 Å². The molecule has 3 aliphatic rings. The molecule has 4 atom stereocenters. The lowest BCUT2D eigenvalue weighted by atomic mass is 9.89. The number of halogens is 1. The molecule has 1 saturated carbocycles. The van der Waals surface area contributed by atoms with Gasteiger partial charge in [0.2, 0.25) is 11.8 Å². The van der Waals surface area contributed by atoms with Crippen LogP contribution in [0.15, 0.2) is 47.7 Å². The predicted molar refractivity (Wildman–Crippen MR) is 137 cm³/mol. The molecule has 0 bridgehead atoms. The molecule has 5 rings (SSSR count). The lowest BCUT2D eigenvalue weighted by molar-refractivity contribution is -0.132. The summed E-state index contributed by atoms with van der Waals surface area (Å²) in [5, 5.41) is 3.83. The summed E-state index contributed by atoms with van der Waals surface area (Å²) in [5.41, 5.74) is 7.06. The first-order chi connectivity index (χ1) is 16.9. The van der Waals surface area contributed by atoms with Gasteiger partial charge in [-0.2, -0.15) is 0 Å². The lowest BCUT2D eigenvalue weighted by Crippen LogP contribution is -2.52. The van der Waals surface area contributed by atoms with Crippen LogP contribution in [-0.4, -0.2) is 38.8 Å². The first-order valence-electron chi connectivity index (χ1n) is 12.3. The number of ether oxygens (including phenoxy) is 1. The van der Waals surface area contributed by atoms with Crippen molar-refractivity contribution < 1.29 is 14.3 Å². The number of amides is 2. The molecule has 9 heteroatoms. The average Bonchev–Trinajstić information content (AvgIpc) is 3.56. The van der Waals surface area contributed by atoms with Crippen molar-refractivity contribution in [2.24, 2.45) is 22.6 Å². The van der Waals surface area contributed by atoms with E-state index in [4.69, 9.17) is 22.1 Å². The third kappa shape index (κ3) is 4.78. The van der Waals surface area contributed by atoms with E-state index in [1.165, 1.54) is 0 Å². The standard InChI is InChI=1S/C27H32ClN5O3/c1-26(2)13-22(34)33(25(29)32-26)23(15-6-5-9-30-14-15)17-11-18(17)24(35)31-20-12-27(3,4)36-21-8-7-16(28)10-19(20)21/h5-10,14,17-18,20,23H,11-13H2,1-4H3,(H2,29,32)(H,31,35)/t17-,18?,20-,23+/m0/s1. The number of hydrogen-bond acceptors (Lipinski definition) is 6. The topological polar surface area (TPSA) is 110 Å². The molecular formula is C27H32ClN5O3. The van der Waals surface area contributed by atoms with Crippen LogP contribution in [0.4, 0.5) is 0 Å². The highest BCUT2D eigenvalue weighted by Crippen LogP contribution is 2.51. The molecule has 190 valence electrons.